The summed E-state index contributed by atoms with van der Waals surface area (Å²) in [5.41, 5.74) is 6.55. The number of pyridine rings is 1. The second kappa shape index (κ2) is 6.78. The molecule has 0 aromatic carbocycles. The van der Waals surface area contributed by atoms with Gasteiger partial charge in [-0.05, 0) is 37.8 Å². The lowest BCUT2D eigenvalue weighted by atomic mass is 10.2. The van der Waals surface area contributed by atoms with Crippen molar-refractivity contribution in [1.29, 1.82) is 0 Å². The summed E-state index contributed by atoms with van der Waals surface area (Å²) in [5.74, 6) is 0.386. The molecule has 136 valence electrons. The van der Waals surface area contributed by atoms with Crippen LogP contribution in [0.3, 0.4) is 0 Å². The molecule has 2 aliphatic heterocycles. The number of rotatable bonds is 4. The predicted octanol–water partition coefficient (Wildman–Crippen LogP) is 0.774. The predicted molar refractivity (Wildman–Crippen MR) is 95.7 cm³/mol. The number of amides is 1. The number of likely N-dealkylation sites (N-methyl/N-ethyl adjacent to an activating group) is 1. The molecule has 2 saturated heterocycles. The Hall–Kier alpha value is -2.51. The van der Waals surface area contributed by atoms with Crippen molar-refractivity contribution in [3.8, 4) is 0 Å². The molecule has 2 fully saturated rings. The summed E-state index contributed by atoms with van der Waals surface area (Å²) in [6, 6.07) is 2.74. The van der Waals surface area contributed by atoms with Gasteiger partial charge in [0.05, 0.1) is 5.69 Å². The number of hydrogen-bond acceptors (Lipinski definition) is 6. The minimum atomic E-state index is -0.856. The third-order valence-corrected chi connectivity index (χ3v) is 4.97. The molecule has 2 aliphatic rings. The zero-order valence-corrected chi connectivity index (χ0v) is 14.7. The zero-order valence-electron chi connectivity index (χ0n) is 14.7. The molecule has 2 unspecified atom stereocenters. The van der Waals surface area contributed by atoms with Crippen LogP contribution in [-0.4, -0.2) is 66.1 Å². The highest BCUT2D eigenvalue weighted by molar-refractivity contribution is 5.86. The number of nitrogen functional groups attached to an aromatic ring is 1. The van der Waals surface area contributed by atoms with Crippen molar-refractivity contribution < 1.29 is 14.7 Å². The molecule has 0 aliphatic carbocycles. The fourth-order valence-electron chi connectivity index (χ4n) is 3.71. The van der Waals surface area contributed by atoms with E-state index < -0.39 is 12.0 Å². The Morgan fingerprint density at radius 1 is 1.16 bits per heavy atom. The number of carboxylic acids is 1. The van der Waals surface area contributed by atoms with Gasteiger partial charge in [0.2, 0.25) is 5.91 Å². The van der Waals surface area contributed by atoms with Crippen molar-refractivity contribution in [3.63, 3.8) is 0 Å². The summed E-state index contributed by atoms with van der Waals surface area (Å²) in [6.45, 7) is 1.38. The van der Waals surface area contributed by atoms with Crippen LogP contribution in [-0.2, 0) is 9.59 Å². The second-order valence-electron chi connectivity index (χ2n) is 6.86. The smallest absolute Gasteiger partial charge is 0.326 e. The van der Waals surface area contributed by atoms with E-state index in [9.17, 15) is 14.7 Å². The summed E-state index contributed by atoms with van der Waals surface area (Å²) < 4.78 is 0. The van der Waals surface area contributed by atoms with Gasteiger partial charge in [-0.15, -0.1) is 0 Å². The molecule has 25 heavy (non-hydrogen) atoms. The van der Waals surface area contributed by atoms with E-state index in [1.165, 1.54) is 0 Å². The molecule has 0 radical (unpaired) electrons. The maximum atomic E-state index is 12.4. The van der Waals surface area contributed by atoms with Crippen LogP contribution >= 0.6 is 0 Å². The topological polar surface area (TPSA) is 103 Å². The van der Waals surface area contributed by atoms with Gasteiger partial charge >= 0.3 is 5.97 Å². The minimum absolute atomic E-state index is 0.0576. The highest BCUT2D eigenvalue weighted by Crippen LogP contribution is 2.33. The molecule has 1 aromatic rings. The van der Waals surface area contributed by atoms with Crippen LogP contribution in [0.1, 0.15) is 25.7 Å². The molecule has 3 heterocycles. The number of hydrogen-bond donors (Lipinski definition) is 2. The lowest BCUT2D eigenvalue weighted by Crippen LogP contribution is -2.43. The first kappa shape index (κ1) is 17.3. The lowest BCUT2D eigenvalue weighted by molar-refractivity contribution is -0.138. The van der Waals surface area contributed by atoms with Crippen LogP contribution in [0.5, 0.6) is 0 Å². The van der Waals surface area contributed by atoms with Crippen molar-refractivity contribution in [2.75, 3.05) is 42.7 Å². The molecule has 1 amide bonds. The molecule has 8 heteroatoms. The number of carbonyl (C=O) groups excluding carboxylic acids is 1. The minimum Gasteiger partial charge on any atom is -0.480 e. The van der Waals surface area contributed by atoms with Crippen molar-refractivity contribution in [2.45, 2.75) is 37.8 Å². The van der Waals surface area contributed by atoms with E-state index in [1.807, 2.05) is 11.0 Å². The molecule has 8 nitrogen and oxygen atoms in total. The molecule has 0 saturated carbocycles. The van der Waals surface area contributed by atoms with Gasteiger partial charge < -0.3 is 25.5 Å². The Balaban J connectivity index is 1.91. The van der Waals surface area contributed by atoms with E-state index >= 15 is 0 Å². The van der Waals surface area contributed by atoms with Gasteiger partial charge in [-0.3, -0.25) is 4.79 Å². The van der Waals surface area contributed by atoms with E-state index in [4.69, 9.17) is 5.73 Å². The van der Waals surface area contributed by atoms with Crippen molar-refractivity contribution in [3.05, 3.63) is 12.1 Å². The van der Waals surface area contributed by atoms with Crippen molar-refractivity contribution >= 4 is 29.2 Å². The van der Waals surface area contributed by atoms with E-state index in [0.29, 0.717) is 30.3 Å². The van der Waals surface area contributed by atoms with E-state index in [1.54, 1.807) is 30.0 Å². The average molecular weight is 347 g/mol. The highest BCUT2D eigenvalue weighted by atomic mass is 16.4. The zero-order chi connectivity index (χ0) is 18.1. The summed E-state index contributed by atoms with van der Waals surface area (Å²) in [6.07, 6.45) is 3.10. The lowest BCUT2D eigenvalue weighted by Gasteiger charge is -2.29. The molecular formula is C17H25N5O3. The largest absolute Gasteiger partial charge is 0.480 e. The number of carboxylic acid groups (broad SMARTS) is 1. The van der Waals surface area contributed by atoms with Crippen LogP contribution in [0.4, 0.5) is 17.3 Å². The third-order valence-electron chi connectivity index (χ3n) is 4.97. The van der Waals surface area contributed by atoms with Crippen molar-refractivity contribution in [2.24, 2.45) is 0 Å². The van der Waals surface area contributed by atoms with Crippen LogP contribution in [0.15, 0.2) is 12.1 Å². The van der Waals surface area contributed by atoms with E-state index in [2.05, 4.69) is 4.98 Å². The fraction of sp³-hybridized carbons (Fsp3) is 0.588. The Bertz CT molecular complexity index is 678. The number of nitrogens with two attached hydrogens (primary N) is 1. The first-order valence-corrected chi connectivity index (χ1v) is 8.64. The first-order valence-electron chi connectivity index (χ1n) is 8.64. The van der Waals surface area contributed by atoms with Crippen LogP contribution in [0.25, 0.3) is 0 Å². The van der Waals surface area contributed by atoms with Crippen molar-refractivity contribution in [1.82, 2.24) is 9.88 Å². The van der Waals surface area contributed by atoms with E-state index in [-0.39, 0.29) is 11.9 Å². The van der Waals surface area contributed by atoms with Gasteiger partial charge in [-0.25, -0.2) is 9.78 Å². The second-order valence-corrected chi connectivity index (χ2v) is 6.86. The van der Waals surface area contributed by atoms with Crippen LogP contribution in [0, 0.1) is 0 Å². The molecule has 0 bridgehead atoms. The number of anilines is 3. The molecule has 0 spiro atoms. The van der Waals surface area contributed by atoms with Gasteiger partial charge in [0.15, 0.2) is 5.82 Å². The first-order chi connectivity index (χ1) is 11.9. The molecule has 2 atom stereocenters. The SMILES string of the molecule is CN(C)C(=O)C1CCCN1c1ccc(N)c(N2CCCC2C(=O)O)n1. The van der Waals surface area contributed by atoms with Crippen LogP contribution < -0.4 is 15.5 Å². The average Bonchev–Trinajstić information content (AvgIpc) is 3.23. The van der Waals surface area contributed by atoms with Gasteiger partial charge in [-0.2, -0.15) is 0 Å². The summed E-state index contributed by atoms with van der Waals surface area (Å²) in [7, 11) is 3.50. The molecule has 1 aromatic heterocycles. The maximum Gasteiger partial charge on any atom is 0.326 e. The Morgan fingerprint density at radius 3 is 2.44 bits per heavy atom. The third kappa shape index (κ3) is 3.20. The standard InChI is InChI=1S/C17H25N5O3/c1-20(2)16(23)12-5-3-9-21(12)14-8-7-11(18)15(19-14)22-10-4-6-13(22)17(24)25/h7-8,12-13H,3-6,9-10,18H2,1-2H3,(H,24,25). The molecule has 3 N–H and O–H groups in total. The highest BCUT2D eigenvalue weighted by Gasteiger charge is 2.35. The maximum absolute atomic E-state index is 12.4. The van der Waals surface area contributed by atoms with Gasteiger partial charge in [0.1, 0.15) is 17.9 Å². The number of nitrogens with zero attached hydrogens (tertiary/aromatic N) is 4. The normalized spacial score (nSPS) is 23.1. The van der Waals surface area contributed by atoms with Crippen LogP contribution in [0.2, 0.25) is 0 Å². The van der Waals surface area contributed by atoms with E-state index in [0.717, 1.165) is 25.8 Å². The quantitative estimate of drug-likeness (QED) is 0.829. The summed E-state index contributed by atoms with van der Waals surface area (Å²) in [4.78, 5) is 33.9. The summed E-state index contributed by atoms with van der Waals surface area (Å²) >= 11 is 0. The Morgan fingerprint density at radius 2 is 1.80 bits per heavy atom. The summed E-state index contributed by atoms with van der Waals surface area (Å²) in [5, 5.41) is 9.42. The molecule has 3 rings (SSSR count). The Labute approximate surface area is 147 Å². The van der Waals surface area contributed by atoms with Gasteiger partial charge in [0, 0.05) is 27.2 Å². The monoisotopic (exact) mass is 347 g/mol. The number of carbonyl (C=O) groups is 2. The Kier molecular flexibility index (Phi) is 4.69. The van der Waals surface area contributed by atoms with Gasteiger partial charge in [0.25, 0.3) is 0 Å². The fourth-order valence-corrected chi connectivity index (χ4v) is 3.71. The number of aliphatic carboxylic acids is 1. The molecular weight excluding hydrogens is 322 g/mol. The number of aromatic nitrogens is 1. The van der Waals surface area contributed by atoms with Gasteiger partial charge in [-0.1, -0.05) is 0 Å².